The Labute approximate surface area is 101 Å². The van der Waals surface area contributed by atoms with E-state index in [1.807, 2.05) is 6.07 Å². The first kappa shape index (κ1) is 12.0. The molecule has 0 saturated carbocycles. The van der Waals surface area contributed by atoms with Crippen LogP contribution in [0.3, 0.4) is 0 Å². The molecule has 1 aromatic carbocycles. The molecule has 1 aliphatic rings. The Bertz CT molecular complexity index is 398. The van der Waals surface area contributed by atoms with Gasteiger partial charge in [0.15, 0.2) is 0 Å². The van der Waals surface area contributed by atoms with E-state index in [-0.39, 0.29) is 6.42 Å². The Morgan fingerprint density at radius 2 is 2.06 bits per heavy atom. The fraction of sp³-hybridized carbons (Fsp3) is 0.500. The molecule has 0 aliphatic heterocycles. The van der Waals surface area contributed by atoms with Gasteiger partial charge in [-0.25, -0.2) is 0 Å². The van der Waals surface area contributed by atoms with Gasteiger partial charge in [0.2, 0.25) is 0 Å². The summed E-state index contributed by atoms with van der Waals surface area (Å²) in [5.74, 6) is 0.184. The number of carboxylic acid groups (broad SMARTS) is 1. The van der Waals surface area contributed by atoms with Crippen molar-refractivity contribution in [1.82, 2.24) is 0 Å². The van der Waals surface area contributed by atoms with Crippen LogP contribution in [0.4, 0.5) is 0 Å². The molecule has 2 rings (SSSR count). The monoisotopic (exact) mass is 234 g/mol. The smallest absolute Gasteiger partial charge is 0.303 e. The largest absolute Gasteiger partial charge is 0.494 e. The number of carbonyl (C=O) groups is 1. The summed E-state index contributed by atoms with van der Waals surface area (Å²) in [5, 5.41) is 8.49. The number of aryl methyl sites for hydroxylation is 2. The van der Waals surface area contributed by atoms with Crippen molar-refractivity contribution >= 4 is 5.97 Å². The lowest BCUT2D eigenvalue weighted by Gasteiger charge is -2.07. The summed E-state index contributed by atoms with van der Waals surface area (Å²) in [6, 6.07) is 6.29. The lowest BCUT2D eigenvalue weighted by atomic mass is 10.1. The third-order valence-corrected chi connectivity index (χ3v) is 3.12. The number of ether oxygens (including phenoxy) is 1. The fourth-order valence-corrected chi connectivity index (χ4v) is 2.21. The molecule has 17 heavy (non-hydrogen) atoms. The van der Waals surface area contributed by atoms with Crippen molar-refractivity contribution in [2.75, 3.05) is 6.61 Å². The molecule has 0 bridgehead atoms. The first-order valence-corrected chi connectivity index (χ1v) is 6.22. The summed E-state index contributed by atoms with van der Waals surface area (Å²) >= 11 is 0. The minimum atomic E-state index is -0.734. The molecule has 0 heterocycles. The zero-order valence-corrected chi connectivity index (χ0v) is 9.95. The van der Waals surface area contributed by atoms with E-state index in [0.717, 1.165) is 18.6 Å². The highest BCUT2D eigenvalue weighted by Crippen LogP contribution is 2.26. The average molecular weight is 234 g/mol. The van der Waals surface area contributed by atoms with E-state index in [0.29, 0.717) is 13.0 Å². The molecule has 92 valence electrons. The topological polar surface area (TPSA) is 46.5 Å². The van der Waals surface area contributed by atoms with Crippen LogP contribution in [0.2, 0.25) is 0 Å². The normalized spacial score (nSPS) is 13.4. The molecule has 0 unspecified atom stereocenters. The molecule has 3 nitrogen and oxygen atoms in total. The van der Waals surface area contributed by atoms with Crippen molar-refractivity contribution in [1.29, 1.82) is 0 Å². The summed E-state index contributed by atoms with van der Waals surface area (Å²) in [5.41, 5.74) is 2.86. The minimum Gasteiger partial charge on any atom is -0.494 e. The van der Waals surface area contributed by atoms with Gasteiger partial charge in [0.25, 0.3) is 0 Å². The van der Waals surface area contributed by atoms with Gasteiger partial charge in [-0.3, -0.25) is 4.79 Å². The molecule has 0 aromatic heterocycles. The first-order valence-electron chi connectivity index (χ1n) is 6.22. The van der Waals surface area contributed by atoms with Gasteiger partial charge in [-0.2, -0.15) is 0 Å². The maximum atomic E-state index is 10.3. The number of benzene rings is 1. The van der Waals surface area contributed by atoms with Gasteiger partial charge in [-0.15, -0.1) is 0 Å². The molecular formula is C14H18O3. The zero-order valence-electron chi connectivity index (χ0n) is 9.95. The van der Waals surface area contributed by atoms with Crippen molar-refractivity contribution in [2.24, 2.45) is 0 Å². The van der Waals surface area contributed by atoms with E-state index in [1.54, 1.807) is 0 Å². The van der Waals surface area contributed by atoms with E-state index in [9.17, 15) is 4.79 Å². The number of carboxylic acids is 1. The van der Waals surface area contributed by atoms with Gasteiger partial charge < -0.3 is 9.84 Å². The van der Waals surface area contributed by atoms with E-state index >= 15 is 0 Å². The number of hydrogen-bond donors (Lipinski definition) is 1. The van der Waals surface area contributed by atoms with Crippen LogP contribution < -0.4 is 4.74 Å². The predicted octanol–water partition coefficient (Wildman–Crippen LogP) is 2.81. The second-order valence-corrected chi connectivity index (χ2v) is 4.48. The molecule has 0 fully saturated rings. The van der Waals surface area contributed by atoms with Gasteiger partial charge in [0.1, 0.15) is 5.75 Å². The van der Waals surface area contributed by atoms with Crippen LogP contribution in [-0.4, -0.2) is 17.7 Å². The maximum absolute atomic E-state index is 10.3. The lowest BCUT2D eigenvalue weighted by molar-refractivity contribution is -0.137. The summed E-state index contributed by atoms with van der Waals surface area (Å²) < 4.78 is 5.62. The number of rotatable bonds is 6. The summed E-state index contributed by atoms with van der Waals surface area (Å²) in [6.45, 7) is 0.603. The van der Waals surface area contributed by atoms with Crippen molar-refractivity contribution in [3.63, 3.8) is 0 Å². The molecule has 3 heteroatoms. The van der Waals surface area contributed by atoms with Gasteiger partial charge in [-0.1, -0.05) is 6.07 Å². The molecule has 0 saturated heterocycles. The van der Waals surface area contributed by atoms with Crippen LogP contribution in [0, 0.1) is 0 Å². The Balaban J connectivity index is 1.74. The SMILES string of the molecule is O=C(O)CCCCOc1ccc2c(c1)CCC2. The van der Waals surface area contributed by atoms with Crippen LogP contribution in [0.15, 0.2) is 18.2 Å². The second-order valence-electron chi connectivity index (χ2n) is 4.48. The molecular weight excluding hydrogens is 216 g/mol. The van der Waals surface area contributed by atoms with Crippen molar-refractivity contribution < 1.29 is 14.6 Å². The van der Waals surface area contributed by atoms with Gasteiger partial charge in [-0.05, 0) is 55.4 Å². The highest BCUT2D eigenvalue weighted by molar-refractivity contribution is 5.66. The van der Waals surface area contributed by atoms with Crippen molar-refractivity contribution in [3.05, 3.63) is 29.3 Å². The summed E-state index contributed by atoms with van der Waals surface area (Å²) in [7, 11) is 0. The number of hydrogen-bond acceptors (Lipinski definition) is 2. The molecule has 0 radical (unpaired) electrons. The van der Waals surface area contributed by atoms with Gasteiger partial charge in [0, 0.05) is 6.42 Å². The van der Waals surface area contributed by atoms with Crippen molar-refractivity contribution in [2.45, 2.75) is 38.5 Å². The van der Waals surface area contributed by atoms with E-state index in [2.05, 4.69) is 12.1 Å². The number of unbranched alkanes of at least 4 members (excludes halogenated alkanes) is 1. The summed E-state index contributed by atoms with van der Waals surface area (Å²) in [6.07, 6.45) is 5.30. The van der Waals surface area contributed by atoms with Crippen LogP contribution in [0.1, 0.15) is 36.8 Å². The van der Waals surface area contributed by atoms with E-state index in [1.165, 1.54) is 24.0 Å². The van der Waals surface area contributed by atoms with Crippen LogP contribution >= 0.6 is 0 Å². The minimum absolute atomic E-state index is 0.230. The Hall–Kier alpha value is -1.51. The van der Waals surface area contributed by atoms with Crippen LogP contribution in [0.5, 0.6) is 5.75 Å². The third kappa shape index (κ3) is 3.48. The Morgan fingerprint density at radius 1 is 1.24 bits per heavy atom. The van der Waals surface area contributed by atoms with E-state index in [4.69, 9.17) is 9.84 Å². The van der Waals surface area contributed by atoms with Gasteiger partial charge in [0.05, 0.1) is 6.61 Å². The number of fused-ring (bicyclic) bond motifs is 1. The Morgan fingerprint density at radius 3 is 2.88 bits per heavy atom. The fourth-order valence-electron chi connectivity index (χ4n) is 2.21. The lowest BCUT2D eigenvalue weighted by Crippen LogP contribution is -2.00. The predicted molar refractivity (Wildman–Crippen MR) is 65.4 cm³/mol. The summed E-state index contributed by atoms with van der Waals surface area (Å²) in [4.78, 5) is 10.3. The Kier molecular flexibility index (Phi) is 4.02. The number of aliphatic carboxylic acids is 1. The van der Waals surface area contributed by atoms with E-state index < -0.39 is 5.97 Å². The quantitative estimate of drug-likeness (QED) is 0.770. The van der Waals surface area contributed by atoms with Gasteiger partial charge >= 0.3 is 5.97 Å². The van der Waals surface area contributed by atoms with Crippen LogP contribution in [-0.2, 0) is 17.6 Å². The standard InChI is InChI=1S/C14H18O3/c15-14(16)6-1-2-9-17-13-8-7-11-4-3-5-12(11)10-13/h7-8,10H,1-6,9H2,(H,15,16). The molecule has 1 aromatic rings. The third-order valence-electron chi connectivity index (χ3n) is 3.12. The molecule has 1 aliphatic carbocycles. The molecule has 1 N–H and O–H groups in total. The molecule has 0 atom stereocenters. The van der Waals surface area contributed by atoms with Crippen molar-refractivity contribution in [3.8, 4) is 5.75 Å². The highest BCUT2D eigenvalue weighted by atomic mass is 16.5. The average Bonchev–Trinajstić information content (AvgIpc) is 2.75. The first-order chi connectivity index (χ1) is 8.25. The molecule has 0 spiro atoms. The zero-order chi connectivity index (χ0) is 12.1. The van der Waals surface area contributed by atoms with Crippen LogP contribution in [0.25, 0.3) is 0 Å². The highest BCUT2D eigenvalue weighted by Gasteiger charge is 2.10. The second kappa shape index (κ2) is 5.71. The molecule has 0 amide bonds. The maximum Gasteiger partial charge on any atom is 0.303 e.